The molecule has 4 heteroatoms. The maximum Gasteiger partial charge on any atom is 0.159 e. The Balaban J connectivity index is 2.40. The number of benzene rings is 1. The molecule has 0 N–H and O–H groups in total. The van der Waals surface area contributed by atoms with Gasteiger partial charge in [-0.05, 0) is 43.2 Å². The van der Waals surface area contributed by atoms with Gasteiger partial charge < -0.3 is 0 Å². The van der Waals surface area contributed by atoms with Crippen molar-refractivity contribution in [3.63, 3.8) is 0 Å². The summed E-state index contributed by atoms with van der Waals surface area (Å²) in [4.78, 5) is 2.14. The molecule has 0 radical (unpaired) electrons. The van der Waals surface area contributed by atoms with Crippen LogP contribution in [0.3, 0.4) is 0 Å². The lowest BCUT2D eigenvalue weighted by atomic mass is 10.1. The number of aryl methyl sites for hydroxylation is 2. The van der Waals surface area contributed by atoms with E-state index in [0.29, 0.717) is 5.56 Å². The van der Waals surface area contributed by atoms with Gasteiger partial charge in [0.15, 0.2) is 11.6 Å². The summed E-state index contributed by atoms with van der Waals surface area (Å²) in [7, 11) is 0. The molecule has 0 saturated carbocycles. The van der Waals surface area contributed by atoms with Gasteiger partial charge in [-0.25, -0.2) is 8.78 Å². The summed E-state index contributed by atoms with van der Waals surface area (Å²) in [5.41, 5.74) is 1.66. The van der Waals surface area contributed by atoms with Gasteiger partial charge in [-0.1, -0.05) is 6.07 Å². The third-order valence-electron chi connectivity index (χ3n) is 2.55. The average Bonchev–Trinajstić information content (AvgIpc) is 2.61. The molecule has 90 valence electrons. The van der Waals surface area contributed by atoms with Crippen LogP contribution < -0.4 is 0 Å². The van der Waals surface area contributed by atoms with Crippen LogP contribution in [0.4, 0.5) is 8.78 Å². The van der Waals surface area contributed by atoms with Crippen LogP contribution in [-0.4, -0.2) is 0 Å². The highest BCUT2D eigenvalue weighted by Gasteiger charge is 2.17. The maximum absolute atomic E-state index is 13.1. The Morgan fingerprint density at radius 2 is 1.82 bits per heavy atom. The summed E-state index contributed by atoms with van der Waals surface area (Å²) in [6, 6.07) is 5.82. The molecule has 0 aliphatic carbocycles. The summed E-state index contributed by atoms with van der Waals surface area (Å²) in [6.07, 6.45) is 0. The van der Waals surface area contributed by atoms with Crippen LogP contribution in [0.1, 0.15) is 26.3 Å². The molecule has 0 spiro atoms. The van der Waals surface area contributed by atoms with Crippen LogP contribution in [0.25, 0.3) is 0 Å². The van der Waals surface area contributed by atoms with Crippen LogP contribution in [0.2, 0.25) is 0 Å². The Labute approximate surface area is 108 Å². The zero-order valence-corrected chi connectivity index (χ0v) is 11.0. The Morgan fingerprint density at radius 1 is 1.12 bits per heavy atom. The van der Waals surface area contributed by atoms with Crippen molar-refractivity contribution in [2.45, 2.75) is 19.2 Å². The molecule has 0 bridgehead atoms. The van der Waals surface area contributed by atoms with E-state index in [4.69, 9.17) is 11.6 Å². The largest absolute Gasteiger partial charge is 0.204 e. The van der Waals surface area contributed by atoms with E-state index in [9.17, 15) is 8.78 Å². The van der Waals surface area contributed by atoms with Crippen LogP contribution in [0.15, 0.2) is 24.3 Å². The molecule has 1 aromatic heterocycles. The SMILES string of the molecule is Cc1cc(C)c(C(Cl)c2ccc(F)c(F)c2)s1. The van der Waals surface area contributed by atoms with Crippen molar-refractivity contribution >= 4 is 22.9 Å². The number of halogens is 3. The molecular formula is C13H11ClF2S. The van der Waals surface area contributed by atoms with Gasteiger partial charge in [0, 0.05) is 9.75 Å². The standard InChI is InChI=1S/C13H11ClF2S/c1-7-5-8(2)17-13(7)12(14)9-3-4-10(15)11(16)6-9/h3-6,12H,1-2H3. The maximum atomic E-state index is 13.1. The zero-order chi connectivity index (χ0) is 12.6. The Morgan fingerprint density at radius 3 is 2.35 bits per heavy atom. The first-order valence-corrected chi connectivity index (χ1v) is 6.40. The predicted octanol–water partition coefficient (Wildman–Crippen LogP) is 4.97. The van der Waals surface area contributed by atoms with Gasteiger partial charge in [-0.2, -0.15) is 0 Å². The summed E-state index contributed by atoms with van der Waals surface area (Å²) >= 11 is 7.88. The van der Waals surface area contributed by atoms with Crippen LogP contribution >= 0.6 is 22.9 Å². The molecule has 0 aliphatic heterocycles. The van der Waals surface area contributed by atoms with Gasteiger partial charge in [-0.3, -0.25) is 0 Å². The quantitative estimate of drug-likeness (QED) is 0.677. The fourth-order valence-electron chi connectivity index (χ4n) is 1.73. The van der Waals surface area contributed by atoms with Gasteiger partial charge in [0.05, 0.1) is 5.38 Å². The molecule has 1 unspecified atom stereocenters. The molecule has 0 amide bonds. The van der Waals surface area contributed by atoms with Crippen LogP contribution in [0, 0.1) is 25.5 Å². The molecule has 2 aromatic rings. The average molecular weight is 273 g/mol. The van der Waals surface area contributed by atoms with Gasteiger partial charge in [0.2, 0.25) is 0 Å². The van der Waals surface area contributed by atoms with Gasteiger partial charge in [-0.15, -0.1) is 22.9 Å². The molecule has 0 nitrogen and oxygen atoms in total. The van der Waals surface area contributed by atoms with Crippen molar-refractivity contribution in [2.75, 3.05) is 0 Å². The monoisotopic (exact) mass is 272 g/mol. The number of alkyl halides is 1. The molecule has 0 saturated heterocycles. The van der Waals surface area contributed by atoms with Crippen molar-refractivity contribution in [1.82, 2.24) is 0 Å². The van der Waals surface area contributed by atoms with E-state index < -0.39 is 17.0 Å². The topological polar surface area (TPSA) is 0 Å². The first-order valence-electron chi connectivity index (χ1n) is 5.15. The minimum absolute atomic E-state index is 0.427. The minimum Gasteiger partial charge on any atom is -0.204 e. The second-order valence-corrected chi connectivity index (χ2v) is 5.66. The summed E-state index contributed by atoms with van der Waals surface area (Å²) in [6.45, 7) is 3.96. The molecule has 0 fully saturated rings. The third kappa shape index (κ3) is 2.50. The van der Waals surface area contributed by atoms with Crippen molar-refractivity contribution in [2.24, 2.45) is 0 Å². The van der Waals surface area contributed by atoms with E-state index in [0.717, 1.165) is 27.5 Å². The zero-order valence-electron chi connectivity index (χ0n) is 9.43. The number of thiophene rings is 1. The lowest BCUT2D eigenvalue weighted by molar-refractivity contribution is 0.507. The highest BCUT2D eigenvalue weighted by molar-refractivity contribution is 7.12. The molecule has 1 atom stereocenters. The van der Waals surface area contributed by atoms with Crippen molar-refractivity contribution in [3.8, 4) is 0 Å². The summed E-state index contributed by atoms with van der Waals surface area (Å²) in [5, 5.41) is -0.427. The molecule has 1 aromatic carbocycles. The van der Waals surface area contributed by atoms with E-state index in [2.05, 4.69) is 0 Å². The molecule has 0 aliphatic rings. The van der Waals surface area contributed by atoms with Crippen molar-refractivity contribution in [3.05, 3.63) is 56.8 Å². The third-order valence-corrected chi connectivity index (χ3v) is 4.36. The van der Waals surface area contributed by atoms with Crippen molar-refractivity contribution < 1.29 is 8.78 Å². The van der Waals surface area contributed by atoms with E-state index in [-0.39, 0.29) is 0 Å². The number of rotatable bonds is 2. The molecular weight excluding hydrogens is 262 g/mol. The first kappa shape index (κ1) is 12.5. The predicted molar refractivity (Wildman–Crippen MR) is 67.8 cm³/mol. The van der Waals surface area contributed by atoms with E-state index in [1.807, 2.05) is 19.9 Å². The van der Waals surface area contributed by atoms with E-state index in [1.54, 1.807) is 11.3 Å². The smallest absolute Gasteiger partial charge is 0.159 e. The fraction of sp³-hybridized carbons (Fsp3) is 0.231. The highest BCUT2D eigenvalue weighted by atomic mass is 35.5. The Hall–Kier alpha value is -0.930. The van der Waals surface area contributed by atoms with E-state index in [1.165, 1.54) is 6.07 Å². The van der Waals surface area contributed by atoms with Gasteiger partial charge in [0.1, 0.15) is 0 Å². The fourth-order valence-corrected chi connectivity index (χ4v) is 3.22. The second kappa shape index (κ2) is 4.75. The normalized spacial score (nSPS) is 12.8. The van der Waals surface area contributed by atoms with Crippen LogP contribution in [-0.2, 0) is 0 Å². The molecule has 2 rings (SSSR count). The van der Waals surface area contributed by atoms with Crippen molar-refractivity contribution in [1.29, 1.82) is 0 Å². The van der Waals surface area contributed by atoms with Gasteiger partial charge >= 0.3 is 0 Å². The highest BCUT2D eigenvalue weighted by Crippen LogP contribution is 2.36. The lowest BCUT2D eigenvalue weighted by Gasteiger charge is -2.09. The summed E-state index contributed by atoms with van der Waals surface area (Å²) in [5.74, 6) is -1.71. The number of hydrogen-bond donors (Lipinski definition) is 0. The van der Waals surface area contributed by atoms with Gasteiger partial charge in [0.25, 0.3) is 0 Å². The minimum atomic E-state index is -0.862. The second-order valence-electron chi connectivity index (χ2n) is 3.94. The molecule has 17 heavy (non-hydrogen) atoms. The molecule has 1 heterocycles. The Kier molecular flexibility index (Phi) is 3.50. The summed E-state index contributed by atoms with van der Waals surface area (Å²) < 4.78 is 26.0. The number of hydrogen-bond acceptors (Lipinski definition) is 1. The first-order chi connectivity index (χ1) is 7.99. The van der Waals surface area contributed by atoms with E-state index >= 15 is 0 Å². The Bertz CT molecular complexity index is 548. The van der Waals surface area contributed by atoms with Crippen LogP contribution in [0.5, 0.6) is 0 Å². The lowest BCUT2D eigenvalue weighted by Crippen LogP contribution is -1.94.